The summed E-state index contributed by atoms with van der Waals surface area (Å²) in [4.78, 5) is 4.09. The van der Waals surface area contributed by atoms with E-state index in [2.05, 4.69) is 18.0 Å². The van der Waals surface area contributed by atoms with Gasteiger partial charge >= 0.3 is 0 Å². The van der Waals surface area contributed by atoms with Gasteiger partial charge in [0.2, 0.25) is 5.88 Å². The Morgan fingerprint density at radius 2 is 2.24 bits per heavy atom. The van der Waals surface area contributed by atoms with E-state index in [1.54, 1.807) is 18.3 Å². The first-order valence-corrected chi connectivity index (χ1v) is 6.29. The number of nitriles is 1. The summed E-state index contributed by atoms with van der Waals surface area (Å²) in [6, 6.07) is 5.57. The molecule has 0 aliphatic heterocycles. The van der Waals surface area contributed by atoms with Crippen LogP contribution in [0.2, 0.25) is 0 Å². The van der Waals surface area contributed by atoms with Gasteiger partial charge in [-0.1, -0.05) is 26.2 Å². The van der Waals surface area contributed by atoms with E-state index in [0.717, 1.165) is 6.42 Å². The largest absolute Gasteiger partial charge is 0.474 e. The van der Waals surface area contributed by atoms with Crippen molar-refractivity contribution in [3.63, 3.8) is 0 Å². The van der Waals surface area contributed by atoms with Gasteiger partial charge in [0.05, 0.1) is 6.10 Å². The number of pyridine rings is 1. The quantitative estimate of drug-likeness (QED) is 0.673. The third kappa shape index (κ3) is 4.86. The molecule has 0 aromatic carbocycles. The lowest BCUT2D eigenvalue weighted by atomic mass is 10.1. The molecule has 17 heavy (non-hydrogen) atoms. The Balaban J connectivity index is 2.40. The van der Waals surface area contributed by atoms with E-state index in [-0.39, 0.29) is 6.10 Å². The molecule has 3 heteroatoms. The predicted octanol–water partition coefficient (Wildman–Crippen LogP) is 3.69. The normalized spacial score (nSPS) is 11.8. The van der Waals surface area contributed by atoms with Crippen LogP contribution in [0.4, 0.5) is 0 Å². The van der Waals surface area contributed by atoms with Gasteiger partial charge in [-0.3, -0.25) is 0 Å². The highest BCUT2D eigenvalue weighted by Gasteiger charge is 2.08. The van der Waals surface area contributed by atoms with Crippen LogP contribution in [0.25, 0.3) is 0 Å². The van der Waals surface area contributed by atoms with Crippen molar-refractivity contribution in [2.24, 2.45) is 0 Å². The van der Waals surface area contributed by atoms with Crippen LogP contribution in [0.3, 0.4) is 0 Å². The van der Waals surface area contributed by atoms with E-state index in [1.807, 2.05) is 6.92 Å². The first kappa shape index (κ1) is 13.5. The molecule has 3 nitrogen and oxygen atoms in total. The van der Waals surface area contributed by atoms with E-state index in [1.165, 1.54) is 25.7 Å². The van der Waals surface area contributed by atoms with Crippen LogP contribution in [0.15, 0.2) is 18.3 Å². The minimum atomic E-state index is 0.119. The van der Waals surface area contributed by atoms with Crippen LogP contribution in [0.1, 0.15) is 51.5 Å². The average molecular weight is 232 g/mol. The Kier molecular flexibility index (Phi) is 6.09. The van der Waals surface area contributed by atoms with Gasteiger partial charge in [-0.05, 0) is 31.9 Å². The van der Waals surface area contributed by atoms with Crippen LogP contribution < -0.4 is 4.74 Å². The van der Waals surface area contributed by atoms with Gasteiger partial charge in [0.25, 0.3) is 0 Å². The zero-order valence-electron chi connectivity index (χ0n) is 10.6. The highest BCUT2D eigenvalue weighted by molar-refractivity contribution is 5.37. The minimum absolute atomic E-state index is 0.119. The molecule has 0 radical (unpaired) electrons. The number of hydrogen-bond acceptors (Lipinski definition) is 3. The minimum Gasteiger partial charge on any atom is -0.474 e. The maximum absolute atomic E-state index is 8.91. The Labute approximate surface area is 103 Å². The summed E-state index contributed by atoms with van der Waals surface area (Å²) in [5, 5.41) is 8.91. The smallest absolute Gasteiger partial charge is 0.231 e. The summed E-state index contributed by atoms with van der Waals surface area (Å²) in [6.45, 7) is 4.23. The zero-order valence-corrected chi connectivity index (χ0v) is 10.6. The Morgan fingerprint density at radius 3 is 2.94 bits per heavy atom. The molecular weight excluding hydrogens is 212 g/mol. The standard InChI is InChI=1S/C14H20N2O/c1-3-4-5-6-8-12(2)17-14-13(11-15)9-7-10-16-14/h7,9-10,12H,3-6,8H2,1-2H3. The topological polar surface area (TPSA) is 45.9 Å². The molecular formula is C14H20N2O. The lowest BCUT2D eigenvalue weighted by Gasteiger charge is -2.14. The van der Waals surface area contributed by atoms with Gasteiger partial charge in [0, 0.05) is 6.20 Å². The van der Waals surface area contributed by atoms with Gasteiger partial charge < -0.3 is 4.74 Å². The van der Waals surface area contributed by atoms with Crippen molar-refractivity contribution in [1.29, 1.82) is 5.26 Å². The molecule has 0 spiro atoms. The van der Waals surface area contributed by atoms with Crippen molar-refractivity contribution in [3.8, 4) is 11.9 Å². The molecule has 0 N–H and O–H groups in total. The fraction of sp³-hybridized carbons (Fsp3) is 0.571. The molecule has 0 amide bonds. The van der Waals surface area contributed by atoms with Crippen molar-refractivity contribution < 1.29 is 4.74 Å². The fourth-order valence-electron chi connectivity index (χ4n) is 1.68. The van der Waals surface area contributed by atoms with E-state index in [4.69, 9.17) is 10.00 Å². The summed E-state index contributed by atoms with van der Waals surface area (Å²) >= 11 is 0. The van der Waals surface area contributed by atoms with E-state index in [0.29, 0.717) is 11.4 Å². The Hall–Kier alpha value is -1.56. The fourth-order valence-corrected chi connectivity index (χ4v) is 1.68. The molecule has 1 atom stereocenters. The third-order valence-electron chi connectivity index (χ3n) is 2.67. The third-order valence-corrected chi connectivity index (χ3v) is 2.67. The molecule has 0 saturated heterocycles. The van der Waals surface area contributed by atoms with Crippen LogP contribution in [-0.4, -0.2) is 11.1 Å². The molecule has 0 aliphatic rings. The highest BCUT2D eigenvalue weighted by Crippen LogP contribution is 2.16. The maximum Gasteiger partial charge on any atom is 0.231 e. The Bertz CT molecular complexity index is 371. The monoisotopic (exact) mass is 232 g/mol. The van der Waals surface area contributed by atoms with Crippen molar-refractivity contribution >= 4 is 0 Å². The van der Waals surface area contributed by atoms with Gasteiger partial charge in [0.1, 0.15) is 11.6 Å². The van der Waals surface area contributed by atoms with Crippen molar-refractivity contribution in [3.05, 3.63) is 23.9 Å². The Morgan fingerprint density at radius 1 is 1.41 bits per heavy atom. The molecule has 1 heterocycles. The number of rotatable bonds is 7. The van der Waals surface area contributed by atoms with Gasteiger partial charge in [-0.25, -0.2) is 4.98 Å². The predicted molar refractivity (Wildman–Crippen MR) is 67.8 cm³/mol. The van der Waals surface area contributed by atoms with Crippen LogP contribution >= 0.6 is 0 Å². The summed E-state index contributed by atoms with van der Waals surface area (Å²) in [7, 11) is 0. The molecule has 92 valence electrons. The van der Waals surface area contributed by atoms with Crippen molar-refractivity contribution in [1.82, 2.24) is 4.98 Å². The van der Waals surface area contributed by atoms with Crippen LogP contribution in [0, 0.1) is 11.3 Å². The number of nitrogens with zero attached hydrogens (tertiary/aromatic N) is 2. The van der Waals surface area contributed by atoms with Crippen molar-refractivity contribution in [2.45, 2.75) is 52.1 Å². The molecule has 1 unspecified atom stereocenters. The van der Waals surface area contributed by atoms with Crippen LogP contribution in [0.5, 0.6) is 5.88 Å². The van der Waals surface area contributed by atoms with Crippen LogP contribution in [-0.2, 0) is 0 Å². The van der Waals surface area contributed by atoms with Gasteiger partial charge in [0.15, 0.2) is 0 Å². The number of unbranched alkanes of at least 4 members (excludes halogenated alkanes) is 3. The average Bonchev–Trinajstić information content (AvgIpc) is 2.35. The van der Waals surface area contributed by atoms with Gasteiger partial charge in [-0.2, -0.15) is 5.26 Å². The van der Waals surface area contributed by atoms with Gasteiger partial charge in [-0.15, -0.1) is 0 Å². The summed E-state index contributed by atoms with van der Waals surface area (Å²) < 4.78 is 5.68. The number of ether oxygens (including phenoxy) is 1. The molecule has 1 aromatic heterocycles. The summed E-state index contributed by atoms with van der Waals surface area (Å²) in [5.74, 6) is 0.456. The summed E-state index contributed by atoms with van der Waals surface area (Å²) in [6.07, 6.45) is 7.73. The maximum atomic E-state index is 8.91. The van der Waals surface area contributed by atoms with E-state index < -0.39 is 0 Å². The second kappa shape index (κ2) is 7.67. The van der Waals surface area contributed by atoms with Crippen molar-refractivity contribution in [2.75, 3.05) is 0 Å². The number of aromatic nitrogens is 1. The molecule has 1 rings (SSSR count). The molecule has 0 saturated carbocycles. The second-order valence-electron chi connectivity index (χ2n) is 4.25. The number of hydrogen-bond donors (Lipinski definition) is 0. The highest BCUT2D eigenvalue weighted by atomic mass is 16.5. The SMILES string of the molecule is CCCCCCC(C)Oc1ncccc1C#N. The zero-order chi connectivity index (χ0) is 12.5. The lowest BCUT2D eigenvalue weighted by Crippen LogP contribution is -2.13. The summed E-state index contributed by atoms with van der Waals surface area (Å²) in [5.41, 5.74) is 0.507. The molecule has 0 aliphatic carbocycles. The van der Waals surface area contributed by atoms with E-state index in [9.17, 15) is 0 Å². The lowest BCUT2D eigenvalue weighted by molar-refractivity contribution is 0.197. The first-order chi connectivity index (χ1) is 8.27. The molecule has 0 fully saturated rings. The second-order valence-corrected chi connectivity index (χ2v) is 4.25. The van der Waals surface area contributed by atoms with E-state index >= 15 is 0 Å². The first-order valence-electron chi connectivity index (χ1n) is 6.29. The molecule has 0 bridgehead atoms. The molecule has 1 aromatic rings.